The quantitative estimate of drug-likeness (QED) is 0.815. The lowest BCUT2D eigenvalue weighted by Gasteiger charge is -2.06. The zero-order valence-electron chi connectivity index (χ0n) is 8.98. The summed E-state index contributed by atoms with van der Waals surface area (Å²) in [5.41, 5.74) is 6.79. The highest BCUT2D eigenvalue weighted by Gasteiger charge is 2.10. The van der Waals surface area contributed by atoms with E-state index < -0.39 is 11.6 Å². The van der Waals surface area contributed by atoms with Crippen LogP contribution in [-0.4, -0.2) is 0 Å². The average molecular weight is 211 g/mol. The van der Waals surface area contributed by atoms with Gasteiger partial charge in [-0.2, -0.15) is 0 Å². The molecule has 0 bridgehead atoms. The van der Waals surface area contributed by atoms with Crippen molar-refractivity contribution in [2.45, 2.75) is 26.7 Å². The second kappa shape index (κ2) is 4.91. The molecule has 0 aliphatic rings. The van der Waals surface area contributed by atoms with Gasteiger partial charge in [-0.15, -0.1) is 0 Å². The molecule has 0 amide bonds. The van der Waals surface area contributed by atoms with Crippen molar-refractivity contribution in [2.24, 2.45) is 5.73 Å². The molecule has 1 rings (SSSR count). The molecule has 0 radical (unpaired) electrons. The zero-order chi connectivity index (χ0) is 11.4. The largest absolute Gasteiger partial charge is 0.398 e. The standard InChI is InChI=1S/C12H15F2N/c1-3-4-5-11(15)9-6-8(2)7-10(13)12(9)14/h5-7H,3-4,15H2,1-2H3/b11-5-. The Kier molecular flexibility index (Phi) is 3.83. The molecule has 0 unspecified atom stereocenters. The summed E-state index contributed by atoms with van der Waals surface area (Å²) in [5, 5.41) is 0. The fourth-order valence-corrected chi connectivity index (χ4v) is 1.34. The van der Waals surface area contributed by atoms with Gasteiger partial charge in [-0.1, -0.05) is 19.4 Å². The molecule has 1 aromatic rings. The Bertz CT molecular complexity index is 383. The predicted octanol–water partition coefficient (Wildman–Crippen LogP) is 3.37. The fraction of sp³-hybridized carbons (Fsp3) is 0.333. The lowest BCUT2D eigenvalue weighted by Crippen LogP contribution is -2.02. The number of rotatable bonds is 3. The fourth-order valence-electron chi connectivity index (χ4n) is 1.34. The van der Waals surface area contributed by atoms with Crippen molar-refractivity contribution in [2.75, 3.05) is 0 Å². The highest BCUT2D eigenvalue weighted by Crippen LogP contribution is 2.19. The van der Waals surface area contributed by atoms with Gasteiger partial charge >= 0.3 is 0 Å². The number of allylic oxidation sites excluding steroid dienone is 1. The van der Waals surface area contributed by atoms with Crippen molar-refractivity contribution in [3.8, 4) is 0 Å². The summed E-state index contributed by atoms with van der Waals surface area (Å²) in [6.45, 7) is 3.70. The Balaban J connectivity index is 3.13. The summed E-state index contributed by atoms with van der Waals surface area (Å²) in [5.74, 6) is -1.72. The van der Waals surface area contributed by atoms with Gasteiger partial charge in [-0.3, -0.25) is 0 Å². The first kappa shape index (κ1) is 11.7. The van der Waals surface area contributed by atoms with Crippen molar-refractivity contribution >= 4 is 5.70 Å². The molecule has 0 saturated heterocycles. The number of unbranched alkanes of at least 4 members (excludes halogenated alkanes) is 1. The molecule has 1 aromatic carbocycles. The summed E-state index contributed by atoms with van der Waals surface area (Å²) < 4.78 is 26.4. The van der Waals surface area contributed by atoms with Gasteiger partial charge in [0.05, 0.1) is 0 Å². The van der Waals surface area contributed by atoms with Crippen LogP contribution in [0.1, 0.15) is 30.9 Å². The van der Waals surface area contributed by atoms with Crippen LogP contribution in [0.25, 0.3) is 5.70 Å². The molecule has 0 aliphatic heterocycles. The van der Waals surface area contributed by atoms with Crippen LogP contribution in [0.15, 0.2) is 18.2 Å². The van der Waals surface area contributed by atoms with E-state index in [1.54, 1.807) is 19.1 Å². The maximum Gasteiger partial charge on any atom is 0.168 e. The van der Waals surface area contributed by atoms with Crippen molar-refractivity contribution in [1.29, 1.82) is 0 Å². The number of hydrogen-bond donors (Lipinski definition) is 1. The van der Waals surface area contributed by atoms with Gasteiger partial charge in [-0.25, -0.2) is 8.78 Å². The lowest BCUT2D eigenvalue weighted by atomic mass is 10.1. The Morgan fingerprint density at radius 2 is 2.07 bits per heavy atom. The second-order valence-electron chi connectivity index (χ2n) is 3.56. The van der Waals surface area contributed by atoms with E-state index in [2.05, 4.69) is 0 Å². The first-order valence-corrected chi connectivity index (χ1v) is 4.98. The highest BCUT2D eigenvalue weighted by molar-refractivity contribution is 5.63. The van der Waals surface area contributed by atoms with Crippen LogP contribution in [0.5, 0.6) is 0 Å². The first-order chi connectivity index (χ1) is 7.06. The molecule has 1 nitrogen and oxygen atoms in total. The molecule has 0 spiro atoms. The third kappa shape index (κ3) is 2.78. The molecule has 2 N–H and O–H groups in total. The summed E-state index contributed by atoms with van der Waals surface area (Å²) in [6.07, 6.45) is 3.41. The molecule has 3 heteroatoms. The number of hydrogen-bond acceptors (Lipinski definition) is 1. The van der Waals surface area contributed by atoms with Crippen LogP contribution in [0.3, 0.4) is 0 Å². The zero-order valence-corrected chi connectivity index (χ0v) is 8.98. The van der Waals surface area contributed by atoms with Crippen LogP contribution < -0.4 is 5.73 Å². The van der Waals surface area contributed by atoms with Gasteiger partial charge in [0.1, 0.15) is 0 Å². The summed E-state index contributed by atoms with van der Waals surface area (Å²) in [7, 11) is 0. The number of nitrogens with two attached hydrogens (primary N) is 1. The summed E-state index contributed by atoms with van der Waals surface area (Å²) in [4.78, 5) is 0. The van der Waals surface area contributed by atoms with Gasteiger partial charge in [0.15, 0.2) is 11.6 Å². The van der Waals surface area contributed by atoms with Gasteiger partial charge in [0, 0.05) is 11.3 Å². The molecule has 82 valence electrons. The van der Waals surface area contributed by atoms with Gasteiger partial charge in [0.2, 0.25) is 0 Å². The Labute approximate surface area is 88.6 Å². The maximum atomic E-state index is 13.4. The minimum absolute atomic E-state index is 0.154. The van der Waals surface area contributed by atoms with Gasteiger partial charge in [0.25, 0.3) is 0 Å². The van der Waals surface area contributed by atoms with Crippen molar-refractivity contribution in [3.05, 3.63) is 41.0 Å². The van der Waals surface area contributed by atoms with E-state index in [-0.39, 0.29) is 5.56 Å². The molecule has 15 heavy (non-hydrogen) atoms. The minimum atomic E-state index is -0.870. The molecular weight excluding hydrogens is 196 g/mol. The normalized spacial score (nSPS) is 11.9. The number of aryl methyl sites for hydroxylation is 1. The Morgan fingerprint density at radius 1 is 1.40 bits per heavy atom. The summed E-state index contributed by atoms with van der Waals surface area (Å²) in [6, 6.07) is 2.71. The van der Waals surface area contributed by atoms with E-state index >= 15 is 0 Å². The van der Waals surface area contributed by atoms with E-state index in [0.29, 0.717) is 11.3 Å². The van der Waals surface area contributed by atoms with E-state index in [9.17, 15) is 8.78 Å². The molecular formula is C12H15F2N. The van der Waals surface area contributed by atoms with Crippen LogP contribution in [0.4, 0.5) is 8.78 Å². The Hall–Kier alpha value is -1.38. The van der Waals surface area contributed by atoms with E-state index in [1.807, 2.05) is 6.92 Å². The predicted molar refractivity (Wildman–Crippen MR) is 58.2 cm³/mol. The van der Waals surface area contributed by atoms with Crippen molar-refractivity contribution in [3.63, 3.8) is 0 Å². The third-order valence-corrected chi connectivity index (χ3v) is 2.14. The molecule has 0 heterocycles. The van der Waals surface area contributed by atoms with Crippen LogP contribution >= 0.6 is 0 Å². The Morgan fingerprint density at radius 3 is 2.67 bits per heavy atom. The van der Waals surface area contributed by atoms with Crippen LogP contribution in [0, 0.1) is 18.6 Å². The number of benzene rings is 1. The molecule has 0 aliphatic carbocycles. The van der Waals surface area contributed by atoms with E-state index in [4.69, 9.17) is 5.73 Å². The van der Waals surface area contributed by atoms with Crippen molar-refractivity contribution in [1.82, 2.24) is 0 Å². The van der Waals surface area contributed by atoms with Gasteiger partial charge < -0.3 is 5.73 Å². The van der Waals surface area contributed by atoms with Crippen LogP contribution in [-0.2, 0) is 0 Å². The topological polar surface area (TPSA) is 26.0 Å². The van der Waals surface area contributed by atoms with E-state index in [0.717, 1.165) is 18.9 Å². The third-order valence-electron chi connectivity index (χ3n) is 2.14. The smallest absolute Gasteiger partial charge is 0.168 e. The van der Waals surface area contributed by atoms with Crippen molar-refractivity contribution < 1.29 is 8.78 Å². The second-order valence-corrected chi connectivity index (χ2v) is 3.56. The van der Waals surface area contributed by atoms with Crippen LogP contribution in [0.2, 0.25) is 0 Å². The van der Waals surface area contributed by atoms with Gasteiger partial charge in [-0.05, 0) is 31.0 Å². The van der Waals surface area contributed by atoms with E-state index in [1.165, 1.54) is 0 Å². The SMILES string of the molecule is CCC/C=C(\N)c1cc(C)cc(F)c1F. The summed E-state index contributed by atoms with van der Waals surface area (Å²) >= 11 is 0. The molecule has 0 atom stereocenters. The molecule has 0 saturated carbocycles. The molecule has 0 fully saturated rings. The monoisotopic (exact) mass is 211 g/mol. The maximum absolute atomic E-state index is 13.4. The average Bonchev–Trinajstić information content (AvgIpc) is 2.19. The lowest BCUT2D eigenvalue weighted by molar-refractivity contribution is 0.505. The molecule has 0 aromatic heterocycles. The first-order valence-electron chi connectivity index (χ1n) is 4.98. The highest BCUT2D eigenvalue weighted by atomic mass is 19.2. The number of halogens is 2. The minimum Gasteiger partial charge on any atom is -0.398 e.